The van der Waals surface area contributed by atoms with Gasteiger partial charge in [0, 0.05) is 17.7 Å². The van der Waals surface area contributed by atoms with Crippen LogP contribution in [-0.2, 0) is 9.53 Å². The zero-order valence-electron chi connectivity index (χ0n) is 17.3. The molecule has 0 radical (unpaired) electrons. The SMILES string of the molecule is C[C@H]1OC(=O)[C@@H]2C[C@@H]3CCCCC3[C@H](/C=C/c3ccc(-c4cccc(F)c4)cn3)C12. The van der Waals surface area contributed by atoms with Crippen LogP contribution in [0.5, 0.6) is 0 Å². The zero-order chi connectivity index (χ0) is 20.7. The zero-order valence-corrected chi connectivity index (χ0v) is 17.3. The first-order valence-corrected chi connectivity index (χ1v) is 11.2. The van der Waals surface area contributed by atoms with E-state index in [-0.39, 0.29) is 29.7 Å². The lowest BCUT2D eigenvalue weighted by molar-refractivity contribution is -0.144. The molecule has 2 aliphatic carbocycles. The van der Waals surface area contributed by atoms with Crippen molar-refractivity contribution in [1.29, 1.82) is 0 Å². The predicted molar refractivity (Wildman–Crippen MR) is 115 cm³/mol. The molecule has 2 aromatic rings. The molecule has 5 rings (SSSR count). The van der Waals surface area contributed by atoms with Crippen molar-refractivity contribution in [2.24, 2.45) is 29.6 Å². The summed E-state index contributed by atoms with van der Waals surface area (Å²) in [4.78, 5) is 17.0. The van der Waals surface area contributed by atoms with E-state index in [1.807, 2.05) is 18.2 Å². The van der Waals surface area contributed by atoms with Crippen LogP contribution in [0, 0.1) is 35.4 Å². The van der Waals surface area contributed by atoms with Crippen LogP contribution in [0.1, 0.15) is 44.7 Å². The minimum atomic E-state index is -0.243. The van der Waals surface area contributed by atoms with E-state index < -0.39 is 0 Å². The first kappa shape index (κ1) is 19.5. The van der Waals surface area contributed by atoms with E-state index in [2.05, 4.69) is 24.1 Å². The predicted octanol–water partition coefficient (Wildman–Crippen LogP) is 5.90. The average Bonchev–Trinajstić information content (AvgIpc) is 3.05. The molecule has 0 amide bonds. The van der Waals surface area contributed by atoms with Crippen LogP contribution in [0.4, 0.5) is 4.39 Å². The van der Waals surface area contributed by atoms with Crippen molar-refractivity contribution >= 4 is 12.0 Å². The molecule has 0 bridgehead atoms. The Morgan fingerprint density at radius 2 is 2.00 bits per heavy atom. The molecule has 2 saturated carbocycles. The van der Waals surface area contributed by atoms with Gasteiger partial charge >= 0.3 is 5.97 Å². The summed E-state index contributed by atoms with van der Waals surface area (Å²) in [6.45, 7) is 2.05. The Hall–Kier alpha value is -2.49. The van der Waals surface area contributed by atoms with Crippen LogP contribution in [0.2, 0.25) is 0 Å². The molecular formula is C26H28FNO2. The molecule has 30 heavy (non-hydrogen) atoms. The van der Waals surface area contributed by atoms with Crippen LogP contribution >= 0.6 is 0 Å². The van der Waals surface area contributed by atoms with Crippen molar-refractivity contribution in [3.05, 3.63) is 60.2 Å². The lowest BCUT2D eigenvalue weighted by atomic mass is 9.57. The third-order valence-corrected chi connectivity index (χ3v) is 7.51. The second kappa shape index (κ2) is 7.98. The number of allylic oxidation sites excluding steroid dienone is 1. The Morgan fingerprint density at radius 1 is 1.13 bits per heavy atom. The molecule has 3 fully saturated rings. The maximum absolute atomic E-state index is 13.5. The summed E-state index contributed by atoms with van der Waals surface area (Å²) < 4.78 is 19.1. The molecule has 3 aliphatic rings. The molecule has 1 aliphatic heterocycles. The third-order valence-electron chi connectivity index (χ3n) is 7.51. The highest BCUT2D eigenvalue weighted by atomic mass is 19.1. The lowest BCUT2D eigenvalue weighted by Gasteiger charge is -2.45. The topological polar surface area (TPSA) is 39.2 Å². The van der Waals surface area contributed by atoms with Gasteiger partial charge in [0.1, 0.15) is 11.9 Å². The number of fused-ring (bicyclic) bond motifs is 2. The fourth-order valence-corrected chi connectivity index (χ4v) is 6.14. The quantitative estimate of drug-likeness (QED) is 0.597. The number of aromatic nitrogens is 1. The summed E-state index contributed by atoms with van der Waals surface area (Å²) in [6, 6.07) is 10.5. The van der Waals surface area contributed by atoms with Crippen LogP contribution < -0.4 is 0 Å². The first-order valence-electron chi connectivity index (χ1n) is 11.2. The third kappa shape index (κ3) is 3.57. The maximum Gasteiger partial charge on any atom is 0.309 e. The van der Waals surface area contributed by atoms with E-state index in [9.17, 15) is 9.18 Å². The van der Waals surface area contributed by atoms with Gasteiger partial charge in [0.15, 0.2) is 0 Å². The Balaban J connectivity index is 1.39. The molecule has 4 heteroatoms. The van der Waals surface area contributed by atoms with Crippen molar-refractivity contribution in [3.63, 3.8) is 0 Å². The Bertz CT molecular complexity index is 954. The Morgan fingerprint density at radius 3 is 2.80 bits per heavy atom. The first-order chi connectivity index (χ1) is 14.6. The molecule has 2 heterocycles. The van der Waals surface area contributed by atoms with Gasteiger partial charge in [0.25, 0.3) is 0 Å². The van der Waals surface area contributed by atoms with E-state index >= 15 is 0 Å². The number of benzene rings is 1. The number of ether oxygens (including phenoxy) is 1. The van der Waals surface area contributed by atoms with Gasteiger partial charge in [-0.05, 0) is 67.4 Å². The fourth-order valence-electron chi connectivity index (χ4n) is 6.14. The Kier molecular flexibility index (Phi) is 5.18. The number of carbonyl (C=O) groups excluding carboxylic acids is 1. The number of cyclic esters (lactones) is 1. The average molecular weight is 406 g/mol. The highest BCUT2D eigenvalue weighted by molar-refractivity contribution is 5.75. The number of nitrogens with zero attached hydrogens (tertiary/aromatic N) is 1. The van der Waals surface area contributed by atoms with Crippen LogP contribution in [0.25, 0.3) is 17.2 Å². The number of hydrogen-bond donors (Lipinski definition) is 0. The minimum Gasteiger partial charge on any atom is -0.462 e. The van der Waals surface area contributed by atoms with Crippen molar-refractivity contribution in [1.82, 2.24) is 4.98 Å². The standard InChI is InChI=1S/C26H28FNO2/c1-16-25-23(22-8-3-2-5-18(22)14-24(25)26(29)30-16)12-11-21-10-9-19(15-28-21)17-6-4-7-20(27)13-17/h4,6-7,9-13,15-16,18,22-25H,2-3,5,8,14H2,1H3/b12-11+/t16-,18+,22?,23+,24-,25?/m1/s1. The largest absolute Gasteiger partial charge is 0.462 e. The second-order valence-electron chi connectivity index (χ2n) is 9.19. The van der Waals surface area contributed by atoms with Gasteiger partial charge in [-0.1, -0.05) is 43.5 Å². The molecule has 3 nitrogen and oxygen atoms in total. The van der Waals surface area contributed by atoms with Gasteiger partial charge < -0.3 is 4.74 Å². The summed E-state index contributed by atoms with van der Waals surface area (Å²) in [5, 5.41) is 0. The normalized spacial score (nSPS) is 33.2. The van der Waals surface area contributed by atoms with Crippen LogP contribution in [0.3, 0.4) is 0 Å². The van der Waals surface area contributed by atoms with Crippen molar-refractivity contribution in [2.75, 3.05) is 0 Å². The minimum absolute atomic E-state index is 0.00694. The van der Waals surface area contributed by atoms with Crippen molar-refractivity contribution in [2.45, 2.75) is 45.1 Å². The van der Waals surface area contributed by atoms with E-state index in [0.29, 0.717) is 17.8 Å². The molecule has 1 saturated heterocycles. The molecule has 0 spiro atoms. The summed E-state index contributed by atoms with van der Waals surface area (Å²) in [5.41, 5.74) is 2.62. The molecule has 156 valence electrons. The molecule has 1 aromatic heterocycles. The van der Waals surface area contributed by atoms with Gasteiger partial charge in [-0.15, -0.1) is 0 Å². The summed E-state index contributed by atoms with van der Waals surface area (Å²) >= 11 is 0. The summed E-state index contributed by atoms with van der Waals surface area (Å²) in [5.74, 6) is 1.73. The second-order valence-corrected chi connectivity index (χ2v) is 9.19. The van der Waals surface area contributed by atoms with Gasteiger partial charge in [0.2, 0.25) is 0 Å². The summed E-state index contributed by atoms with van der Waals surface area (Å²) in [7, 11) is 0. The lowest BCUT2D eigenvalue weighted by Crippen LogP contribution is -2.42. The van der Waals surface area contributed by atoms with Gasteiger partial charge in [-0.3, -0.25) is 9.78 Å². The summed E-state index contributed by atoms with van der Waals surface area (Å²) in [6.07, 6.45) is 12.2. The number of halogens is 1. The van der Waals surface area contributed by atoms with E-state index in [1.54, 1.807) is 12.3 Å². The molecule has 0 N–H and O–H groups in total. The van der Waals surface area contributed by atoms with Gasteiger partial charge in [-0.2, -0.15) is 0 Å². The van der Waals surface area contributed by atoms with E-state index in [0.717, 1.165) is 23.2 Å². The maximum atomic E-state index is 13.5. The number of pyridine rings is 1. The van der Waals surface area contributed by atoms with E-state index in [1.165, 1.54) is 37.8 Å². The van der Waals surface area contributed by atoms with Crippen LogP contribution in [-0.4, -0.2) is 17.1 Å². The highest BCUT2D eigenvalue weighted by Crippen LogP contribution is 2.53. The highest BCUT2D eigenvalue weighted by Gasteiger charge is 2.53. The van der Waals surface area contributed by atoms with Crippen molar-refractivity contribution in [3.8, 4) is 11.1 Å². The number of rotatable bonds is 3. The van der Waals surface area contributed by atoms with Gasteiger partial charge in [-0.25, -0.2) is 4.39 Å². The van der Waals surface area contributed by atoms with Gasteiger partial charge in [0.05, 0.1) is 11.6 Å². The van der Waals surface area contributed by atoms with E-state index in [4.69, 9.17) is 4.74 Å². The number of carbonyl (C=O) groups is 1. The van der Waals surface area contributed by atoms with Crippen LogP contribution in [0.15, 0.2) is 48.7 Å². The number of hydrogen-bond acceptors (Lipinski definition) is 3. The Labute approximate surface area is 177 Å². The molecular weight excluding hydrogens is 377 g/mol. The molecule has 2 unspecified atom stereocenters. The molecule has 6 atom stereocenters. The van der Waals surface area contributed by atoms with Crippen molar-refractivity contribution < 1.29 is 13.9 Å². The molecule has 1 aromatic carbocycles. The smallest absolute Gasteiger partial charge is 0.309 e. The monoisotopic (exact) mass is 405 g/mol. The number of esters is 1. The fraction of sp³-hybridized carbons (Fsp3) is 0.462.